The van der Waals surface area contributed by atoms with Crippen molar-refractivity contribution in [2.24, 2.45) is 0 Å². The summed E-state index contributed by atoms with van der Waals surface area (Å²) in [6.45, 7) is 3.19. The van der Waals surface area contributed by atoms with Gasteiger partial charge < -0.3 is 10.2 Å². The monoisotopic (exact) mass is 282 g/mol. The highest BCUT2D eigenvalue weighted by Gasteiger charge is 2.16. The van der Waals surface area contributed by atoms with E-state index in [1.807, 2.05) is 37.3 Å². The summed E-state index contributed by atoms with van der Waals surface area (Å²) in [4.78, 5) is 18.4. The lowest BCUT2D eigenvalue weighted by Gasteiger charge is -2.17. The standard InChI is InChI=1S/C16H18N4O/c1-3-18-15-13-8-5-4-7-12(13)14(11-19-15)16(21)20(2)10-6-9-17/h4-5,7-8,11H,3,6,10H2,1-2H3,(H,18,19). The predicted octanol–water partition coefficient (Wildman–Crippen LogP) is 2.65. The Labute approximate surface area is 124 Å². The third kappa shape index (κ3) is 3.11. The molecule has 1 N–H and O–H groups in total. The molecule has 108 valence electrons. The summed E-state index contributed by atoms with van der Waals surface area (Å²) in [6.07, 6.45) is 1.93. The summed E-state index contributed by atoms with van der Waals surface area (Å²) in [5.74, 6) is 0.668. The quantitative estimate of drug-likeness (QED) is 0.915. The van der Waals surface area contributed by atoms with Gasteiger partial charge in [0.05, 0.1) is 18.1 Å². The van der Waals surface area contributed by atoms with Crippen molar-refractivity contribution in [3.05, 3.63) is 36.0 Å². The first-order valence-electron chi connectivity index (χ1n) is 6.93. The van der Waals surface area contributed by atoms with E-state index in [2.05, 4.69) is 10.3 Å². The molecule has 0 aliphatic carbocycles. The van der Waals surface area contributed by atoms with Crippen LogP contribution in [0.3, 0.4) is 0 Å². The fourth-order valence-electron chi connectivity index (χ4n) is 2.20. The van der Waals surface area contributed by atoms with Crippen molar-refractivity contribution in [2.45, 2.75) is 13.3 Å². The first kappa shape index (κ1) is 14.8. The number of pyridine rings is 1. The van der Waals surface area contributed by atoms with Crippen LogP contribution in [0, 0.1) is 11.3 Å². The molecule has 1 aromatic heterocycles. The van der Waals surface area contributed by atoms with E-state index in [-0.39, 0.29) is 5.91 Å². The van der Waals surface area contributed by atoms with Gasteiger partial charge in [0, 0.05) is 31.7 Å². The van der Waals surface area contributed by atoms with E-state index in [4.69, 9.17) is 5.26 Å². The van der Waals surface area contributed by atoms with Crippen LogP contribution in [-0.2, 0) is 0 Å². The lowest BCUT2D eigenvalue weighted by Crippen LogP contribution is -2.28. The minimum Gasteiger partial charge on any atom is -0.370 e. The van der Waals surface area contributed by atoms with Crippen molar-refractivity contribution in [3.8, 4) is 6.07 Å². The molecule has 0 radical (unpaired) electrons. The Morgan fingerprint density at radius 2 is 2.10 bits per heavy atom. The third-order valence-corrected chi connectivity index (χ3v) is 3.28. The van der Waals surface area contributed by atoms with Crippen molar-refractivity contribution in [1.82, 2.24) is 9.88 Å². The van der Waals surface area contributed by atoms with Crippen molar-refractivity contribution in [3.63, 3.8) is 0 Å². The van der Waals surface area contributed by atoms with Gasteiger partial charge in [0.2, 0.25) is 0 Å². The van der Waals surface area contributed by atoms with E-state index in [0.29, 0.717) is 18.5 Å². The highest BCUT2D eigenvalue weighted by atomic mass is 16.2. The highest BCUT2D eigenvalue weighted by Crippen LogP contribution is 2.25. The number of amides is 1. The Morgan fingerprint density at radius 3 is 2.76 bits per heavy atom. The zero-order valence-corrected chi connectivity index (χ0v) is 12.3. The number of nitrogens with zero attached hydrogens (tertiary/aromatic N) is 3. The first-order valence-corrected chi connectivity index (χ1v) is 6.93. The molecule has 1 amide bonds. The molecule has 0 saturated carbocycles. The second-order valence-corrected chi connectivity index (χ2v) is 4.73. The van der Waals surface area contributed by atoms with E-state index in [1.54, 1.807) is 18.1 Å². The van der Waals surface area contributed by atoms with E-state index in [0.717, 1.165) is 23.1 Å². The van der Waals surface area contributed by atoms with Gasteiger partial charge >= 0.3 is 0 Å². The highest BCUT2D eigenvalue weighted by molar-refractivity contribution is 6.09. The van der Waals surface area contributed by atoms with Gasteiger partial charge in [0.15, 0.2) is 0 Å². The number of hydrogen-bond donors (Lipinski definition) is 1. The van der Waals surface area contributed by atoms with E-state index in [9.17, 15) is 4.79 Å². The molecule has 5 nitrogen and oxygen atoms in total. The summed E-state index contributed by atoms with van der Waals surface area (Å²) >= 11 is 0. The number of anilines is 1. The molecular weight excluding hydrogens is 264 g/mol. The van der Waals surface area contributed by atoms with Crippen LogP contribution in [0.15, 0.2) is 30.5 Å². The van der Waals surface area contributed by atoms with Crippen LogP contribution < -0.4 is 5.32 Å². The van der Waals surface area contributed by atoms with Gasteiger partial charge in [0.1, 0.15) is 5.82 Å². The zero-order chi connectivity index (χ0) is 15.2. The number of aromatic nitrogens is 1. The summed E-state index contributed by atoms with van der Waals surface area (Å²) in [7, 11) is 1.70. The maximum absolute atomic E-state index is 12.5. The normalized spacial score (nSPS) is 10.1. The average Bonchev–Trinajstić information content (AvgIpc) is 2.52. The minimum atomic E-state index is -0.114. The van der Waals surface area contributed by atoms with Gasteiger partial charge in [-0.3, -0.25) is 4.79 Å². The predicted molar refractivity (Wildman–Crippen MR) is 83.1 cm³/mol. The molecule has 0 spiro atoms. The smallest absolute Gasteiger partial charge is 0.255 e. The lowest BCUT2D eigenvalue weighted by molar-refractivity contribution is 0.0799. The fourth-order valence-corrected chi connectivity index (χ4v) is 2.20. The molecule has 0 fully saturated rings. The molecule has 2 aromatic rings. The van der Waals surface area contributed by atoms with E-state index in [1.165, 1.54) is 0 Å². The zero-order valence-electron chi connectivity index (χ0n) is 12.3. The molecule has 0 bridgehead atoms. The molecule has 0 aliphatic rings. The Hall–Kier alpha value is -2.61. The molecule has 5 heteroatoms. The Morgan fingerprint density at radius 1 is 1.38 bits per heavy atom. The molecule has 1 heterocycles. The second kappa shape index (κ2) is 6.71. The van der Waals surface area contributed by atoms with Gasteiger partial charge in [-0.05, 0) is 12.3 Å². The summed E-state index contributed by atoms with van der Waals surface area (Å²) in [6, 6.07) is 9.76. The van der Waals surface area contributed by atoms with Crippen molar-refractivity contribution in [2.75, 3.05) is 25.5 Å². The Kier molecular flexibility index (Phi) is 4.72. The van der Waals surface area contributed by atoms with Gasteiger partial charge in [-0.15, -0.1) is 0 Å². The minimum absolute atomic E-state index is 0.114. The lowest BCUT2D eigenvalue weighted by atomic mass is 10.1. The van der Waals surface area contributed by atoms with Gasteiger partial charge in [-0.1, -0.05) is 24.3 Å². The average molecular weight is 282 g/mol. The maximum atomic E-state index is 12.5. The molecule has 1 aromatic carbocycles. The number of rotatable bonds is 5. The number of hydrogen-bond acceptors (Lipinski definition) is 4. The molecule has 0 atom stereocenters. The van der Waals surface area contributed by atoms with Crippen LogP contribution in [0.2, 0.25) is 0 Å². The SMILES string of the molecule is CCNc1ncc(C(=O)N(C)CCC#N)c2ccccc12. The van der Waals surface area contributed by atoms with Crippen LogP contribution >= 0.6 is 0 Å². The van der Waals surface area contributed by atoms with E-state index < -0.39 is 0 Å². The number of nitriles is 1. The van der Waals surface area contributed by atoms with Crippen molar-refractivity contribution < 1.29 is 4.79 Å². The molecule has 0 unspecified atom stereocenters. The number of fused-ring (bicyclic) bond motifs is 1. The molecule has 2 rings (SSSR count). The first-order chi connectivity index (χ1) is 10.2. The second-order valence-electron chi connectivity index (χ2n) is 4.73. The number of carbonyl (C=O) groups is 1. The van der Waals surface area contributed by atoms with Crippen LogP contribution in [0.25, 0.3) is 10.8 Å². The van der Waals surface area contributed by atoms with Gasteiger partial charge in [-0.2, -0.15) is 5.26 Å². The number of nitrogens with one attached hydrogen (secondary N) is 1. The summed E-state index contributed by atoms with van der Waals surface area (Å²) in [5.41, 5.74) is 0.563. The molecular formula is C16H18N4O. The summed E-state index contributed by atoms with van der Waals surface area (Å²) < 4.78 is 0. The van der Waals surface area contributed by atoms with Gasteiger partial charge in [0.25, 0.3) is 5.91 Å². The van der Waals surface area contributed by atoms with Crippen molar-refractivity contribution >= 4 is 22.5 Å². The fraction of sp³-hybridized carbons (Fsp3) is 0.312. The van der Waals surface area contributed by atoms with Crippen LogP contribution in [-0.4, -0.2) is 35.9 Å². The van der Waals surface area contributed by atoms with Crippen molar-refractivity contribution in [1.29, 1.82) is 5.26 Å². The largest absolute Gasteiger partial charge is 0.370 e. The molecule has 0 aliphatic heterocycles. The topological polar surface area (TPSA) is 69.0 Å². The van der Waals surface area contributed by atoms with Crippen LogP contribution in [0.4, 0.5) is 5.82 Å². The summed E-state index contributed by atoms with van der Waals surface area (Å²) in [5, 5.41) is 13.6. The third-order valence-electron chi connectivity index (χ3n) is 3.28. The molecule has 21 heavy (non-hydrogen) atoms. The number of benzene rings is 1. The van der Waals surface area contributed by atoms with Crippen LogP contribution in [0.1, 0.15) is 23.7 Å². The maximum Gasteiger partial charge on any atom is 0.255 e. The van der Waals surface area contributed by atoms with E-state index >= 15 is 0 Å². The Balaban J connectivity index is 2.44. The number of carbonyl (C=O) groups excluding carboxylic acids is 1. The van der Waals surface area contributed by atoms with Crippen LogP contribution in [0.5, 0.6) is 0 Å². The molecule has 0 saturated heterocycles. The van der Waals surface area contributed by atoms with Gasteiger partial charge in [-0.25, -0.2) is 4.98 Å². The Bertz CT molecular complexity index is 690.